The van der Waals surface area contributed by atoms with Crippen molar-refractivity contribution in [1.29, 1.82) is 0 Å². The molecule has 0 aliphatic carbocycles. The molecule has 4 rings (SSSR count). The fourth-order valence-corrected chi connectivity index (χ4v) is 4.02. The Morgan fingerprint density at radius 2 is 1.56 bits per heavy atom. The molecule has 1 amide bonds. The Morgan fingerprint density at radius 3 is 2.18 bits per heavy atom. The molecule has 34 heavy (non-hydrogen) atoms. The first-order valence-electron chi connectivity index (χ1n) is 10.5. The van der Waals surface area contributed by atoms with E-state index in [1.54, 1.807) is 43.6 Å². The number of nitrogens with one attached hydrogen (secondary N) is 2. The molecule has 5 nitrogen and oxygen atoms in total. The minimum atomic E-state index is -4.47. The van der Waals surface area contributed by atoms with Crippen LogP contribution in [-0.2, 0) is 17.4 Å². The van der Waals surface area contributed by atoms with Crippen LogP contribution in [0.5, 0.6) is 0 Å². The smallest absolute Gasteiger partial charge is 0.332 e. The highest BCUT2D eigenvalue weighted by molar-refractivity contribution is 7.13. The van der Waals surface area contributed by atoms with Gasteiger partial charge in [0.1, 0.15) is 0 Å². The zero-order valence-corrected chi connectivity index (χ0v) is 19.0. The molecule has 2 heterocycles. The Hall–Kier alpha value is -3.72. The second-order valence-electron chi connectivity index (χ2n) is 7.72. The maximum Gasteiger partial charge on any atom is 0.434 e. The highest BCUT2D eigenvalue weighted by Crippen LogP contribution is 2.32. The molecule has 0 fully saturated rings. The lowest BCUT2D eigenvalue weighted by Crippen LogP contribution is -2.18. The number of carbonyl (C=O) groups is 1. The number of hydrogen-bond donors (Lipinski definition) is 2. The molecule has 0 radical (unpaired) electrons. The minimum absolute atomic E-state index is 0.151. The lowest BCUT2D eigenvalue weighted by atomic mass is 10.00. The van der Waals surface area contributed by atoms with Crippen LogP contribution >= 0.6 is 11.3 Å². The van der Waals surface area contributed by atoms with E-state index in [1.807, 2.05) is 36.4 Å². The minimum Gasteiger partial charge on any atom is -0.332 e. The lowest BCUT2D eigenvalue weighted by molar-refractivity contribution is -0.140. The number of pyridine rings is 1. The van der Waals surface area contributed by atoms with Crippen LogP contribution in [0.25, 0.3) is 0 Å². The molecule has 0 spiro atoms. The Morgan fingerprint density at radius 1 is 0.941 bits per heavy atom. The molecule has 4 aromatic rings. The van der Waals surface area contributed by atoms with Gasteiger partial charge in [-0.15, -0.1) is 11.3 Å². The van der Waals surface area contributed by atoms with E-state index < -0.39 is 17.8 Å². The maximum atomic E-state index is 12.7. The molecule has 0 saturated heterocycles. The molecule has 9 heteroatoms. The number of rotatable bonds is 7. The van der Waals surface area contributed by atoms with E-state index in [-0.39, 0.29) is 11.0 Å². The largest absolute Gasteiger partial charge is 0.434 e. The van der Waals surface area contributed by atoms with Crippen LogP contribution in [-0.4, -0.2) is 15.9 Å². The number of nitrogens with zero attached hydrogens (tertiary/aromatic N) is 2. The Labute approximate surface area is 198 Å². The number of hydrogen-bond acceptors (Lipinski definition) is 5. The third-order valence-electron chi connectivity index (χ3n) is 5.23. The van der Waals surface area contributed by atoms with Crippen LogP contribution in [0.15, 0.2) is 78.4 Å². The number of aromatic nitrogens is 2. The van der Waals surface area contributed by atoms with Crippen molar-refractivity contribution in [1.82, 2.24) is 9.97 Å². The predicted molar refractivity (Wildman–Crippen MR) is 127 cm³/mol. The first-order chi connectivity index (χ1) is 16.3. The SMILES string of the molecule is CC(C(=O)Nc1ccc(Cc2ccncc2)cc1)c1ccc(Nc2nc(C(F)(F)F)cs2)cc1. The number of benzene rings is 2. The fraction of sp³-hybridized carbons (Fsp3) is 0.160. The summed E-state index contributed by atoms with van der Waals surface area (Å²) < 4.78 is 38.1. The van der Waals surface area contributed by atoms with E-state index in [0.717, 1.165) is 39.8 Å². The summed E-state index contributed by atoms with van der Waals surface area (Å²) >= 11 is 0.880. The second-order valence-corrected chi connectivity index (χ2v) is 8.58. The van der Waals surface area contributed by atoms with Gasteiger partial charge in [-0.2, -0.15) is 13.2 Å². The van der Waals surface area contributed by atoms with Gasteiger partial charge in [-0.05, 0) is 66.4 Å². The van der Waals surface area contributed by atoms with E-state index in [9.17, 15) is 18.0 Å². The number of thiazole rings is 1. The summed E-state index contributed by atoms with van der Waals surface area (Å²) in [6, 6.07) is 18.6. The van der Waals surface area contributed by atoms with Gasteiger partial charge >= 0.3 is 6.18 Å². The van der Waals surface area contributed by atoms with Crippen molar-refractivity contribution < 1.29 is 18.0 Å². The van der Waals surface area contributed by atoms with E-state index in [1.165, 1.54) is 0 Å². The van der Waals surface area contributed by atoms with Gasteiger partial charge in [0.25, 0.3) is 0 Å². The third-order valence-corrected chi connectivity index (χ3v) is 5.99. The van der Waals surface area contributed by atoms with Crippen LogP contribution in [0.4, 0.5) is 29.7 Å². The van der Waals surface area contributed by atoms with E-state index in [4.69, 9.17) is 0 Å². The molecule has 1 unspecified atom stereocenters. The van der Waals surface area contributed by atoms with Crippen molar-refractivity contribution in [2.75, 3.05) is 10.6 Å². The standard InChI is InChI=1S/C25H21F3N4OS/c1-16(19-4-8-21(9-5-19)31-24-32-22(15-34-24)25(26,27)28)23(33)30-20-6-2-17(3-7-20)14-18-10-12-29-13-11-18/h2-13,15-16H,14H2,1H3,(H,30,33)(H,31,32). The Bertz CT molecular complexity index is 1240. The molecule has 174 valence electrons. The quantitative estimate of drug-likeness (QED) is 0.310. The summed E-state index contributed by atoms with van der Waals surface area (Å²) in [5.41, 5.74) is 3.44. The molecule has 1 atom stereocenters. The molecule has 2 aromatic carbocycles. The van der Waals surface area contributed by atoms with Crippen molar-refractivity contribution in [2.45, 2.75) is 25.4 Å². The Balaban J connectivity index is 1.34. The van der Waals surface area contributed by atoms with Crippen LogP contribution in [0.2, 0.25) is 0 Å². The first-order valence-corrected chi connectivity index (χ1v) is 11.3. The van der Waals surface area contributed by atoms with Crippen molar-refractivity contribution in [3.8, 4) is 0 Å². The van der Waals surface area contributed by atoms with Crippen molar-refractivity contribution >= 4 is 33.8 Å². The summed E-state index contributed by atoms with van der Waals surface area (Å²) in [7, 11) is 0. The molecule has 2 N–H and O–H groups in total. The monoisotopic (exact) mass is 482 g/mol. The average Bonchev–Trinajstić information content (AvgIpc) is 3.30. The van der Waals surface area contributed by atoms with Gasteiger partial charge in [-0.3, -0.25) is 9.78 Å². The fourth-order valence-electron chi connectivity index (χ4n) is 3.28. The summed E-state index contributed by atoms with van der Waals surface area (Å²) in [6.45, 7) is 1.80. The molecule has 0 aliphatic heterocycles. The molecule has 0 aliphatic rings. The summed E-state index contributed by atoms with van der Waals surface area (Å²) in [5.74, 6) is -0.570. The summed E-state index contributed by atoms with van der Waals surface area (Å²) in [6.07, 6.45) is -0.164. The topological polar surface area (TPSA) is 66.9 Å². The second kappa shape index (κ2) is 10.0. The number of anilines is 3. The van der Waals surface area contributed by atoms with Gasteiger partial charge < -0.3 is 10.6 Å². The molecule has 2 aromatic heterocycles. The number of carbonyl (C=O) groups excluding carboxylic acids is 1. The predicted octanol–water partition coefficient (Wildman–Crippen LogP) is 6.63. The normalized spacial score (nSPS) is 12.2. The number of halogens is 3. The maximum absolute atomic E-state index is 12.7. The number of alkyl halides is 3. The van der Waals surface area contributed by atoms with Crippen LogP contribution < -0.4 is 10.6 Å². The highest BCUT2D eigenvalue weighted by Gasteiger charge is 2.33. The highest BCUT2D eigenvalue weighted by atomic mass is 32.1. The van der Waals surface area contributed by atoms with Gasteiger partial charge in [0, 0.05) is 29.1 Å². The Kier molecular flexibility index (Phi) is 6.93. The number of amides is 1. The molecular weight excluding hydrogens is 461 g/mol. The van der Waals surface area contributed by atoms with Gasteiger partial charge in [0.2, 0.25) is 5.91 Å². The van der Waals surface area contributed by atoms with Crippen LogP contribution in [0.3, 0.4) is 0 Å². The van der Waals surface area contributed by atoms with Gasteiger partial charge in [-0.1, -0.05) is 24.3 Å². The van der Waals surface area contributed by atoms with Gasteiger partial charge in [0.05, 0.1) is 5.92 Å². The van der Waals surface area contributed by atoms with Crippen molar-refractivity contribution in [3.05, 3.63) is 101 Å². The molecule has 0 bridgehead atoms. The summed E-state index contributed by atoms with van der Waals surface area (Å²) in [4.78, 5) is 20.3. The first kappa shape index (κ1) is 23.4. The van der Waals surface area contributed by atoms with Crippen LogP contribution in [0, 0.1) is 0 Å². The van der Waals surface area contributed by atoms with Gasteiger partial charge in [-0.25, -0.2) is 4.98 Å². The lowest BCUT2D eigenvalue weighted by Gasteiger charge is -2.14. The average molecular weight is 483 g/mol. The van der Waals surface area contributed by atoms with E-state index >= 15 is 0 Å². The zero-order valence-electron chi connectivity index (χ0n) is 18.1. The third kappa shape index (κ3) is 5.99. The van der Waals surface area contributed by atoms with E-state index in [0.29, 0.717) is 11.4 Å². The summed E-state index contributed by atoms with van der Waals surface area (Å²) in [5, 5.41) is 6.90. The van der Waals surface area contributed by atoms with Gasteiger partial charge in [0.15, 0.2) is 10.8 Å². The molecular formula is C25H21F3N4OS. The molecule has 0 saturated carbocycles. The van der Waals surface area contributed by atoms with Crippen molar-refractivity contribution in [2.24, 2.45) is 0 Å². The van der Waals surface area contributed by atoms with Crippen LogP contribution in [0.1, 0.15) is 35.2 Å². The van der Waals surface area contributed by atoms with Crippen molar-refractivity contribution in [3.63, 3.8) is 0 Å². The van der Waals surface area contributed by atoms with E-state index in [2.05, 4.69) is 20.6 Å². The zero-order chi connectivity index (χ0) is 24.1.